The molecular formula is C14H23F3N4. The van der Waals surface area contributed by atoms with E-state index in [4.69, 9.17) is 0 Å². The molecular weight excluding hydrogens is 281 g/mol. The Bertz CT molecular complexity index is 446. The number of nitrogens with zero attached hydrogens (tertiary/aromatic N) is 3. The number of anilines is 2. The molecule has 0 spiro atoms. The van der Waals surface area contributed by atoms with Crippen molar-refractivity contribution < 1.29 is 13.2 Å². The van der Waals surface area contributed by atoms with Crippen LogP contribution in [0.3, 0.4) is 0 Å². The van der Waals surface area contributed by atoms with Gasteiger partial charge >= 0.3 is 6.18 Å². The summed E-state index contributed by atoms with van der Waals surface area (Å²) in [4.78, 5) is 9.07. The normalized spacial score (nSPS) is 11.8. The van der Waals surface area contributed by atoms with Gasteiger partial charge in [0, 0.05) is 25.7 Å². The van der Waals surface area contributed by atoms with Gasteiger partial charge in [-0.2, -0.15) is 13.2 Å². The highest BCUT2D eigenvalue weighted by Gasteiger charge is 2.36. The van der Waals surface area contributed by atoms with Crippen molar-refractivity contribution in [1.29, 1.82) is 0 Å². The molecule has 0 atom stereocenters. The second kappa shape index (κ2) is 7.47. The first-order valence-corrected chi connectivity index (χ1v) is 7.20. The van der Waals surface area contributed by atoms with Gasteiger partial charge in [-0.05, 0) is 20.3 Å². The Hall–Kier alpha value is -1.53. The Labute approximate surface area is 123 Å². The highest BCUT2D eigenvalue weighted by atomic mass is 19.4. The number of hydrogen-bond donors (Lipinski definition) is 1. The molecule has 1 aromatic rings. The van der Waals surface area contributed by atoms with Gasteiger partial charge in [0.25, 0.3) is 0 Å². The minimum Gasteiger partial charge on any atom is -0.373 e. The Kier molecular flexibility index (Phi) is 6.23. The summed E-state index contributed by atoms with van der Waals surface area (Å²) in [5.74, 6) is -0.619. The van der Waals surface area contributed by atoms with Gasteiger partial charge in [-0.3, -0.25) is 0 Å². The van der Waals surface area contributed by atoms with E-state index in [1.54, 1.807) is 13.1 Å². The van der Waals surface area contributed by atoms with Gasteiger partial charge in [0.1, 0.15) is 11.6 Å². The van der Waals surface area contributed by atoms with Crippen LogP contribution in [0.4, 0.5) is 24.8 Å². The van der Waals surface area contributed by atoms with Crippen LogP contribution in [-0.4, -0.2) is 29.6 Å². The molecule has 1 aromatic heterocycles. The fraction of sp³-hybridized carbons (Fsp3) is 0.714. The average molecular weight is 304 g/mol. The van der Waals surface area contributed by atoms with Crippen molar-refractivity contribution in [2.24, 2.45) is 0 Å². The summed E-state index contributed by atoms with van der Waals surface area (Å²) in [7, 11) is 1.54. The van der Waals surface area contributed by atoms with Gasteiger partial charge in [0.2, 0.25) is 5.82 Å². The molecule has 0 aliphatic carbocycles. The zero-order valence-corrected chi connectivity index (χ0v) is 13.0. The maximum Gasteiger partial charge on any atom is 0.451 e. The maximum absolute atomic E-state index is 12.9. The molecule has 0 fully saturated rings. The third-order valence-electron chi connectivity index (χ3n) is 3.14. The topological polar surface area (TPSA) is 41.0 Å². The Morgan fingerprint density at radius 2 is 1.90 bits per heavy atom. The first-order valence-electron chi connectivity index (χ1n) is 7.20. The number of alkyl halides is 3. The second-order valence-electron chi connectivity index (χ2n) is 5.18. The number of unbranched alkanes of at least 4 members (excludes halogenated alkanes) is 2. The Balaban J connectivity index is 3.11. The predicted molar refractivity (Wildman–Crippen MR) is 78.6 cm³/mol. The minimum absolute atomic E-state index is 0.0718. The zero-order chi connectivity index (χ0) is 16.0. The first-order chi connectivity index (χ1) is 9.79. The van der Waals surface area contributed by atoms with Crippen molar-refractivity contribution in [2.75, 3.05) is 23.8 Å². The molecule has 0 radical (unpaired) electrons. The van der Waals surface area contributed by atoms with Gasteiger partial charge in [-0.25, -0.2) is 9.97 Å². The molecule has 1 N–H and O–H groups in total. The summed E-state index contributed by atoms with van der Waals surface area (Å²) in [6, 6.07) is 1.63. The second-order valence-corrected chi connectivity index (χ2v) is 5.18. The van der Waals surface area contributed by atoms with E-state index in [0.29, 0.717) is 12.4 Å². The highest BCUT2D eigenvalue weighted by Crippen LogP contribution is 2.29. The molecule has 0 saturated carbocycles. The standard InChI is InChI=1S/C14H23F3N4/c1-5-6-7-8-21(10(2)3)12-9-11(18-4)19-13(20-12)14(15,16)17/h9-10H,5-8H2,1-4H3,(H,18,19,20). The lowest BCUT2D eigenvalue weighted by Gasteiger charge is -2.28. The summed E-state index contributed by atoms with van der Waals surface area (Å²) in [6.07, 6.45) is -1.52. The lowest BCUT2D eigenvalue weighted by atomic mass is 10.2. The van der Waals surface area contributed by atoms with Gasteiger partial charge in [0.05, 0.1) is 0 Å². The van der Waals surface area contributed by atoms with Crippen molar-refractivity contribution in [2.45, 2.75) is 52.3 Å². The molecule has 0 saturated heterocycles. The third-order valence-corrected chi connectivity index (χ3v) is 3.14. The predicted octanol–water partition coefficient (Wildman–Crippen LogP) is 3.94. The molecule has 0 amide bonds. The molecule has 0 aliphatic heterocycles. The molecule has 120 valence electrons. The van der Waals surface area contributed by atoms with E-state index in [2.05, 4.69) is 22.2 Å². The quantitative estimate of drug-likeness (QED) is 0.775. The fourth-order valence-electron chi connectivity index (χ4n) is 2.01. The molecule has 0 aromatic carbocycles. The van der Waals surface area contributed by atoms with Crippen LogP contribution < -0.4 is 10.2 Å². The van der Waals surface area contributed by atoms with Crippen molar-refractivity contribution in [3.63, 3.8) is 0 Å². The summed E-state index contributed by atoms with van der Waals surface area (Å²) in [5, 5.41) is 2.66. The largest absolute Gasteiger partial charge is 0.451 e. The number of rotatable bonds is 7. The zero-order valence-electron chi connectivity index (χ0n) is 13.0. The van der Waals surface area contributed by atoms with E-state index in [0.717, 1.165) is 19.3 Å². The van der Waals surface area contributed by atoms with E-state index in [-0.39, 0.29) is 11.9 Å². The number of hydrogen-bond acceptors (Lipinski definition) is 4. The lowest BCUT2D eigenvalue weighted by molar-refractivity contribution is -0.144. The van der Waals surface area contributed by atoms with Crippen LogP contribution in [-0.2, 0) is 6.18 Å². The molecule has 0 aliphatic rings. The molecule has 0 bridgehead atoms. The summed E-state index contributed by atoms with van der Waals surface area (Å²) in [5.41, 5.74) is 0. The average Bonchev–Trinajstić information content (AvgIpc) is 2.41. The summed E-state index contributed by atoms with van der Waals surface area (Å²) in [6.45, 7) is 6.66. The number of halogens is 3. The van der Waals surface area contributed by atoms with E-state index in [9.17, 15) is 13.2 Å². The fourth-order valence-corrected chi connectivity index (χ4v) is 2.01. The van der Waals surface area contributed by atoms with E-state index < -0.39 is 12.0 Å². The molecule has 1 heterocycles. The first kappa shape index (κ1) is 17.5. The van der Waals surface area contributed by atoms with Gasteiger partial charge in [-0.1, -0.05) is 19.8 Å². The van der Waals surface area contributed by atoms with E-state index in [1.807, 2.05) is 18.7 Å². The van der Waals surface area contributed by atoms with Crippen LogP contribution in [0.15, 0.2) is 6.07 Å². The summed E-state index contributed by atoms with van der Waals surface area (Å²) < 4.78 is 38.7. The van der Waals surface area contributed by atoms with Gasteiger partial charge in [0.15, 0.2) is 0 Å². The summed E-state index contributed by atoms with van der Waals surface area (Å²) >= 11 is 0. The maximum atomic E-state index is 12.9. The van der Waals surface area contributed by atoms with E-state index >= 15 is 0 Å². The number of nitrogens with one attached hydrogen (secondary N) is 1. The minimum atomic E-state index is -4.55. The van der Waals surface area contributed by atoms with Crippen LogP contribution in [0.2, 0.25) is 0 Å². The molecule has 21 heavy (non-hydrogen) atoms. The van der Waals surface area contributed by atoms with Crippen molar-refractivity contribution in [3.8, 4) is 0 Å². The van der Waals surface area contributed by atoms with Crippen molar-refractivity contribution in [3.05, 3.63) is 11.9 Å². The third kappa shape index (κ3) is 5.06. The number of aromatic nitrogens is 2. The lowest BCUT2D eigenvalue weighted by Crippen LogP contribution is -2.33. The van der Waals surface area contributed by atoms with Gasteiger partial charge in [-0.15, -0.1) is 0 Å². The SMILES string of the molecule is CCCCCN(c1cc(NC)nc(C(F)(F)F)n1)C(C)C. The molecule has 7 heteroatoms. The highest BCUT2D eigenvalue weighted by molar-refractivity contribution is 5.50. The Morgan fingerprint density at radius 1 is 1.24 bits per heavy atom. The van der Waals surface area contributed by atoms with E-state index in [1.165, 1.54) is 0 Å². The molecule has 4 nitrogen and oxygen atoms in total. The van der Waals surface area contributed by atoms with Crippen LogP contribution in [0.25, 0.3) is 0 Å². The van der Waals surface area contributed by atoms with Gasteiger partial charge < -0.3 is 10.2 Å². The Morgan fingerprint density at radius 3 is 2.38 bits per heavy atom. The van der Waals surface area contributed by atoms with Crippen molar-refractivity contribution >= 4 is 11.6 Å². The smallest absolute Gasteiger partial charge is 0.373 e. The van der Waals surface area contributed by atoms with Crippen molar-refractivity contribution in [1.82, 2.24) is 9.97 Å². The van der Waals surface area contributed by atoms with Crippen LogP contribution in [0.1, 0.15) is 45.9 Å². The monoisotopic (exact) mass is 304 g/mol. The molecule has 0 unspecified atom stereocenters. The van der Waals surface area contributed by atoms with Crippen LogP contribution in [0, 0.1) is 0 Å². The van der Waals surface area contributed by atoms with Crippen LogP contribution in [0.5, 0.6) is 0 Å². The van der Waals surface area contributed by atoms with Crippen LogP contribution >= 0.6 is 0 Å². The molecule has 1 rings (SSSR count).